The Bertz CT molecular complexity index is 950. The normalized spacial score (nSPS) is 11.7. The SMILES string of the molecule is Cc1cccc2cc(CO)c3c4ccccc4sc3c12. The molecule has 0 aliphatic carbocycles. The molecule has 0 spiro atoms. The standard InChI is InChI=1S/C18H14OS/c1-11-5-4-6-12-9-13(10-19)17-14-7-2-3-8-15(14)20-18(17)16(11)12/h2-9,19H,10H2,1H3. The molecule has 4 rings (SSSR count). The molecule has 0 atom stereocenters. The highest BCUT2D eigenvalue weighted by Gasteiger charge is 2.13. The van der Waals surface area contributed by atoms with Crippen molar-refractivity contribution in [2.45, 2.75) is 13.5 Å². The highest BCUT2D eigenvalue weighted by Crippen LogP contribution is 2.41. The van der Waals surface area contributed by atoms with Crippen LogP contribution in [0.4, 0.5) is 0 Å². The minimum Gasteiger partial charge on any atom is -0.392 e. The van der Waals surface area contributed by atoms with Crippen molar-refractivity contribution in [1.82, 2.24) is 0 Å². The minimum absolute atomic E-state index is 0.0844. The van der Waals surface area contributed by atoms with Crippen molar-refractivity contribution in [1.29, 1.82) is 0 Å². The van der Waals surface area contributed by atoms with Crippen LogP contribution in [0.25, 0.3) is 30.9 Å². The number of hydrogen-bond donors (Lipinski definition) is 1. The number of hydrogen-bond acceptors (Lipinski definition) is 2. The van der Waals surface area contributed by atoms with Crippen LogP contribution in [0.5, 0.6) is 0 Å². The zero-order valence-corrected chi connectivity index (χ0v) is 12.0. The van der Waals surface area contributed by atoms with Crippen molar-refractivity contribution in [3.8, 4) is 0 Å². The van der Waals surface area contributed by atoms with Crippen LogP contribution >= 0.6 is 11.3 Å². The maximum Gasteiger partial charge on any atom is 0.0688 e. The molecule has 0 saturated carbocycles. The molecule has 1 nitrogen and oxygen atoms in total. The lowest BCUT2D eigenvalue weighted by Gasteiger charge is -2.07. The molecule has 0 radical (unpaired) electrons. The van der Waals surface area contributed by atoms with Crippen molar-refractivity contribution in [2.24, 2.45) is 0 Å². The largest absolute Gasteiger partial charge is 0.392 e. The maximum absolute atomic E-state index is 9.75. The third-order valence-corrected chi connectivity index (χ3v) is 5.14. The molecule has 0 unspecified atom stereocenters. The Hall–Kier alpha value is -1.90. The Morgan fingerprint density at radius 2 is 1.85 bits per heavy atom. The Balaban J connectivity index is 2.36. The van der Waals surface area contributed by atoms with Gasteiger partial charge in [-0.25, -0.2) is 0 Å². The predicted octanol–water partition coefficient (Wildman–Crippen LogP) is 5.01. The average Bonchev–Trinajstić information content (AvgIpc) is 2.85. The Kier molecular flexibility index (Phi) is 2.56. The fourth-order valence-electron chi connectivity index (χ4n) is 3.05. The zero-order chi connectivity index (χ0) is 13.7. The molecule has 0 saturated heterocycles. The Morgan fingerprint density at radius 3 is 2.70 bits per heavy atom. The zero-order valence-electron chi connectivity index (χ0n) is 11.2. The van der Waals surface area contributed by atoms with Gasteiger partial charge in [-0.1, -0.05) is 36.4 Å². The fourth-order valence-corrected chi connectivity index (χ4v) is 4.42. The van der Waals surface area contributed by atoms with Crippen LogP contribution < -0.4 is 0 Å². The maximum atomic E-state index is 9.75. The molecule has 1 aromatic heterocycles. The van der Waals surface area contributed by atoms with Crippen molar-refractivity contribution in [2.75, 3.05) is 0 Å². The van der Waals surface area contributed by atoms with E-state index in [0.717, 1.165) is 5.56 Å². The molecule has 1 heterocycles. The van der Waals surface area contributed by atoms with E-state index < -0.39 is 0 Å². The molecule has 3 aromatic carbocycles. The first-order valence-electron chi connectivity index (χ1n) is 6.73. The smallest absolute Gasteiger partial charge is 0.0688 e. The third kappa shape index (κ3) is 1.52. The average molecular weight is 278 g/mol. The van der Waals surface area contributed by atoms with Gasteiger partial charge in [0.05, 0.1) is 6.61 Å². The highest BCUT2D eigenvalue weighted by molar-refractivity contribution is 7.26. The first-order valence-corrected chi connectivity index (χ1v) is 7.54. The second-order valence-electron chi connectivity index (χ2n) is 5.17. The molecule has 2 heteroatoms. The van der Waals surface area contributed by atoms with E-state index >= 15 is 0 Å². The molecular formula is C18H14OS. The quantitative estimate of drug-likeness (QED) is 0.519. The van der Waals surface area contributed by atoms with E-state index in [4.69, 9.17) is 0 Å². The monoisotopic (exact) mass is 278 g/mol. The van der Waals surface area contributed by atoms with Crippen LogP contribution in [0.1, 0.15) is 11.1 Å². The minimum atomic E-state index is 0.0844. The van der Waals surface area contributed by atoms with Gasteiger partial charge in [-0.3, -0.25) is 0 Å². The molecule has 0 aliphatic rings. The van der Waals surface area contributed by atoms with Crippen molar-refractivity contribution < 1.29 is 5.11 Å². The number of fused-ring (bicyclic) bond motifs is 5. The van der Waals surface area contributed by atoms with Gasteiger partial charge in [0, 0.05) is 25.6 Å². The van der Waals surface area contributed by atoms with E-state index in [9.17, 15) is 5.11 Å². The summed E-state index contributed by atoms with van der Waals surface area (Å²) in [6.45, 7) is 2.24. The van der Waals surface area contributed by atoms with E-state index in [-0.39, 0.29) is 6.61 Å². The van der Waals surface area contributed by atoms with Gasteiger partial charge in [-0.05, 0) is 35.6 Å². The van der Waals surface area contributed by atoms with Crippen molar-refractivity contribution in [3.05, 3.63) is 59.7 Å². The van der Waals surface area contributed by atoms with Gasteiger partial charge in [0.2, 0.25) is 0 Å². The van der Waals surface area contributed by atoms with Gasteiger partial charge < -0.3 is 5.11 Å². The summed E-state index contributed by atoms with van der Waals surface area (Å²) in [4.78, 5) is 0. The number of aryl methyl sites for hydroxylation is 1. The van der Waals surface area contributed by atoms with E-state index in [1.165, 1.54) is 36.5 Å². The fraction of sp³-hybridized carbons (Fsp3) is 0.111. The van der Waals surface area contributed by atoms with Crippen molar-refractivity contribution >= 4 is 42.3 Å². The van der Waals surface area contributed by atoms with E-state index in [1.807, 2.05) is 11.3 Å². The van der Waals surface area contributed by atoms with Gasteiger partial charge in [0.25, 0.3) is 0 Å². The second-order valence-corrected chi connectivity index (χ2v) is 6.22. The van der Waals surface area contributed by atoms with Crippen LogP contribution in [0.2, 0.25) is 0 Å². The molecule has 0 bridgehead atoms. The number of thiophene rings is 1. The molecule has 0 amide bonds. The van der Waals surface area contributed by atoms with E-state index in [1.54, 1.807) is 0 Å². The van der Waals surface area contributed by atoms with E-state index in [0.29, 0.717) is 0 Å². The molecular weight excluding hydrogens is 264 g/mol. The molecule has 0 fully saturated rings. The third-order valence-electron chi connectivity index (χ3n) is 3.95. The summed E-state index contributed by atoms with van der Waals surface area (Å²) in [5.74, 6) is 0. The topological polar surface area (TPSA) is 20.2 Å². The van der Waals surface area contributed by atoms with Crippen molar-refractivity contribution in [3.63, 3.8) is 0 Å². The number of benzene rings is 3. The molecule has 4 aromatic rings. The van der Waals surface area contributed by atoms with Crippen LogP contribution in [-0.2, 0) is 6.61 Å². The van der Waals surface area contributed by atoms with Crippen LogP contribution in [0, 0.1) is 6.92 Å². The number of aliphatic hydroxyl groups is 1. The summed E-state index contributed by atoms with van der Waals surface area (Å²) >= 11 is 1.82. The lowest BCUT2D eigenvalue weighted by molar-refractivity contribution is 0.283. The van der Waals surface area contributed by atoms with Crippen LogP contribution in [0.15, 0.2) is 48.5 Å². The van der Waals surface area contributed by atoms with Gasteiger partial charge in [0.15, 0.2) is 0 Å². The summed E-state index contributed by atoms with van der Waals surface area (Å²) in [5, 5.41) is 14.8. The summed E-state index contributed by atoms with van der Waals surface area (Å²) < 4.78 is 2.58. The number of rotatable bonds is 1. The summed E-state index contributed by atoms with van der Waals surface area (Å²) in [5.41, 5.74) is 2.32. The van der Waals surface area contributed by atoms with Crippen LogP contribution in [-0.4, -0.2) is 5.11 Å². The van der Waals surface area contributed by atoms with Gasteiger partial charge in [-0.2, -0.15) is 0 Å². The first-order chi connectivity index (χ1) is 9.79. The molecule has 20 heavy (non-hydrogen) atoms. The summed E-state index contributed by atoms with van der Waals surface area (Å²) in [6.07, 6.45) is 0. The van der Waals surface area contributed by atoms with Gasteiger partial charge in [0.1, 0.15) is 0 Å². The van der Waals surface area contributed by atoms with Gasteiger partial charge in [-0.15, -0.1) is 11.3 Å². The summed E-state index contributed by atoms with van der Waals surface area (Å²) in [7, 11) is 0. The number of aliphatic hydroxyl groups excluding tert-OH is 1. The van der Waals surface area contributed by atoms with Crippen LogP contribution in [0.3, 0.4) is 0 Å². The predicted molar refractivity (Wildman–Crippen MR) is 87.5 cm³/mol. The molecule has 98 valence electrons. The second kappa shape index (κ2) is 4.30. The van der Waals surface area contributed by atoms with Gasteiger partial charge >= 0.3 is 0 Å². The van der Waals surface area contributed by atoms with E-state index in [2.05, 4.69) is 55.5 Å². The lowest BCUT2D eigenvalue weighted by Crippen LogP contribution is -1.87. The Morgan fingerprint density at radius 1 is 1.00 bits per heavy atom. The highest BCUT2D eigenvalue weighted by atomic mass is 32.1. The Labute approximate surface area is 121 Å². The molecule has 1 N–H and O–H groups in total. The first kappa shape index (κ1) is 11.9. The lowest BCUT2D eigenvalue weighted by atomic mass is 9.98. The summed E-state index contributed by atoms with van der Waals surface area (Å²) in [6, 6.07) is 16.9. The molecule has 0 aliphatic heterocycles.